The molecule has 0 unspecified atom stereocenters. The summed E-state index contributed by atoms with van der Waals surface area (Å²) in [5.41, 5.74) is 0.981. The van der Waals surface area contributed by atoms with Crippen molar-refractivity contribution in [3.05, 3.63) is 56.7 Å². The fraction of sp³-hybridized carbons (Fsp3) is 0.450. The van der Waals surface area contributed by atoms with Gasteiger partial charge in [0.25, 0.3) is 11.5 Å². The standard InChI is InChI=1S/C20H27N5O3/c1-21(2)16-8-5-7-15(13-16)19(27)25-10-6-9-24(11-12-25)17-14-18(26)23(4)20(28)22(17)3/h5,7-8,13-14H,6,9-12H2,1-4H3. The minimum Gasteiger partial charge on any atom is -0.378 e. The SMILES string of the molecule is CN(C)c1cccc(C(=O)N2CCCN(c3cc(=O)n(C)c(=O)n3C)CC2)c1. The first kappa shape index (κ1) is 19.7. The Balaban J connectivity index is 1.79. The second-order valence-electron chi connectivity index (χ2n) is 7.32. The molecule has 8 heteroatoms. The monoisotopic (exact) mass is 385 g/mol. The van der Waals surface area contributed by atoms with Gasteiger partial charge in [0, 0.05) is 71.7 Å². The number of anilines is 2. The van der Waals surface area contributed by atoms with Gasteiger partial charge in [-0.05, 0) is 24.6 Å². The minimum absolute atomic E-state index is 0.00316. The first-order chi connectivity index (χ1) is 13.3. The van der Waals surface area contributed by atoms with Gasteiger partial charge >= 0.3 is 5.69 Å². The molecule has 1 fully saturated rings. The molecular weight excluding hydrogens is 358 g/mol. The maximum Gasteiger partial charge on any atom is 0.332 e. The predicted molar refractivity (Wildman–Crippen MR) is 110 cm³/mol. The number of aromatic nitrogens is 2. The molecule has 1 aromatic heterocycles. The van der Waals surface area contributed by atoms with Crippen molar-refractivity contribution in [2.24, 2.45) is 14.1 Å². The molecule has 2 aromatic rings. The van der Waals surface area contributed by atoms with Crippen molar-refractivity contribution in [2.45, 2.75) is 6.42 Å². The highest BCUT2D eigenvalue weighted by Crippen LogP contribution is 2.17. The fourth-order valence-corrected chi connectivity index (χ4v) is 3.47. The minimum atomic E-state index is -0.347. The first-order valence-electron chi connectivity index (χ1n) is 9.38. The molecule has 8 nitrogen and oxygen atoms in total. The molecule has 0 aliphatic carbocycles. The number of nitrogens with zero attached hydrogens (tertiary/aromatic N) is 5. The molecule has 28 heavy (non-hydrogen) atoms. The van der Waals surface area contributed by atoms with Crippen LogP contribution in [-0.4, -0.2) is 60.2 Å². The van der Waals surface area contributed by atoms with E-state index in [1.165, 1.54) is 17.7 Å². The number of hydrogen-bond acceptors (Lipinski definition) is 5. The van der Waals surface area contributed by atoms with E-state index in [0.717, 1.165) is 16.7 Å². The highest BCUT2D eigenvalue weighted by atomic mass is 16.2. The quantitative estimate of drug-likeness (QED) is 0.770. The van der Waals surface area contributed by atoms with Crippen molar-refractivity contribution in [3.63, 3.8) is 0 Å². The van der Waals surface area contributed by atoms with Crippen molar-refractivity contribution < 1.29 is 4.79 Å². The number of carbonyl (C=O) groups excluding carboxylic acids is 1. The Morgan fingerprint density at radius 2 is 1.71 bits per heavy atom. The average Bonchev–Trinajstić information content (AvgIpc) is 2.94. The lowest BCUT2D eigenvalue weighted by Gasteiger charge is -2.25. The highest BCUT2D eigenvalue weighted by Gasteiger charge is 2.22. The Kier molecular flexibility index (Phi) is 5.58. The molecule has 1 saturated heterocycles. The second-order valence-corrected chi connectivity index (χ2v) is 7.32. The van der Waals surface area contributed by atoms with Crippen LogP contribution in [0, 0.1) is 0 Å². The predicted octanol–water partition coefficient (Wildman–Crippen LogP) is 0.503. The number of hydrogen-bond donors (Lipinski definition) is 0. The van der Waals surface area contributed by atoms with Crippen molar-refractivity contribution in [2.75, 3.05) is 50.1 Å². The summed E-state index contributed by atoms with van der Waals surface area (Å²) in [5.74, 6) is 0.598. The summed E-state index contributed by atoms with van der Waals surface area (Å²) in [5, 5.41) is 0. The first-order valence-corrected chi connectivity index (χ1v) is 9.38. The van der Waals surface area contributed by atoms with Gasteiger partial charge in [0.15, 0.2) is 0 Å². The zero-order chi connectivity index (χ0) is 20.4. The zero-order valence-corrected chi connectivity index (χ0v) is 16.9. The molecule has 150 valence electrons. The van der Waals surface area contributed by atoms with E-state index < -0.39 is 0 Å². The van der Waals surface area contributed by atoms with Crippen LogP contribution < -0.4 is 21.0 Å². The largest absolute Gasteiger partial charge is 0.378 e. The van der Waals surface area contributed by atoms with Gasteiger partial charge < -0.3 is 14.7 Å². The summed E-state index contributed by atoms with van der Waals surface area (Å²) in [7, 11) is 7.03. The van der Waals surface area contributed by atoms with Crippen LogP contribution >= 0.6 is 0 Å². The van der Waals surface area contributed by atoms with Crippen LogP contribution in [0.5, 0.6) is 0 Å². The van der Waals surface area contributed by atoms with Crippen molar-refractivity contribution in [1.82, 2.24) is 14.0 Å². The van der Waals surface area contributed by atoms with Gasteiger partial charge in [0.05, 0.1) is 0 Å². The van der Waals surface area contributed by atoms with E-state index in [1.54, 1.807) is 7.05 Å². The van der Waals surface area contributed by atoms with Crippen LogP contribution in [0.4, 0.5) is 11.5 Å². The lowest BCUT2D eigenvalue weighted by atomic mass is 10.1. The summed E-state index contributed by atoms with van der Waals surface area (Å²) in [4.78, 5) is 43.0. The Morgan fingerprint density at radius 3 is 2.43 bits per heavy atom. The molecule has 0 radical (unpaired) electrons. The van der Waals surface area contributed by atoms with E-state index in [-0.39, 0.29) is 17.2 Å². The van der Waals surface area contributed by atoms with Gasteiger partial charge in [0.1, 0.15) is 5.82 Å². The van der Waals surface area contributed by atoms with Crippen LogP contribution in [0.1, 0.15) is 16.8 Å². The molecule has 3 rings (SSSR count). The van der Waals surface area contributed by atoms with Gasteiger partial charge in [-0.25, -0.2) is 4.79 Å². The Morgan fingerprint density at radius 1 is 0.964 bits per heavy atom. The van der Waals surface area contributed by atoms with Crippen LogP contribution in [-0.2, 0) is 14.1 Å². The molecule has 1 amide bonds. The smallest absolute Gasteiger partial charge is 0.332 e. The van der Waals surface area contributed by atoms with Crippen molar-refractivity contribution >= 4 is 17.4 Å². The maximum atomic E-state index is 13.0. The summed E-state index contributed by atoms with van der Waals surface area (Å²) in [6.07, 6.45) is 0.766. The molecule has 1 aliphatic rings. The van der Waals surface area contributed by atoms with Crippen LogP contribution in [0.25, 0.3) is 0 Å². The third kappa shape index (κ3) is 3.81. The van der Waals surface area contributed by atoms with E-state index in [2.05, 4.69) is 0 Å². The normalized spacial score (nSPS) is 14.7. The van der Waals surface area contributed by atoms with Crippen LogP contribution in [0.3, 0.4) is 0 Å². The molecule has 0 bridgehead atoms. The van der Waals surface area contributed by atoms with Gasteiger partial charge in [-0.1, -0.05) is 6.07 Å². The van der Waals surface area contributed by atoms with Gasteiger partial charge in [-0.3, -0.25) is 18.7 Å². The third-order valence-corrected chi connectivity index (χ3v) is 5.22. The zero-order valence-electron chi connectivity index (χ0n) is 16.9. The lowest BCUT2D eigenvalue weighted by molar-refractivity contribution is 0.0767. The summed E-state index contributed by atoms with van der Waals surface area (Å²) in [6.45, 7) is 2.43. The van der Waals surface area contributed by atoms with E-state index in [1.807, 2.05) is 53.1 Å². The fourth-order valence-electron chi connectivity index (χ4n) is 3.47. The number of carbonyl (C=O) groups is 1. The molecule has 0 spiro atoms. The van der Waals surface area contributed by atoms with E-state index in [9.17, 15) is 14.4 Å². The molecule has 1 aromatic carbocycles. The Hall–Kier alpha value is -3.03. The van der Waals surface area contributed by atoms with E-state index >= 15 is 0 Å². The Bertz CT molecular complexity index is 992. The summed E-state index contributed by atoms with van der Waals surface area (Å²) < 4.78 is 2.58. The average molecular weight is 385 g/mol. The van der Waals surface area contributed by atoms with Crippen LogP contribution in [0.15, 0.2) is 39.9 Å². The van der Waals surface area contributed by atoms with Gasteiger partial charge in [0.2, 0.25) is 0 Å². The molecule has 1 aliphatic heterocycles. The second kappa shape index (κ2) is 7.92. The van der Waals surface area contributed by atoms with Crippen molar-refractivity contribution in [1.29, 1.82) is 0 Å². The van der Waals surface area contributed by atoms with Gasteiger partial charge in [-0.2, -0.15) is 0 Å². The van der Waals surface area contributed by atoms with Crippen molar-refractivity contribution in [3.8, 4) is 0 Å². The maximum absolute atomic E-state index is 13.0. The van der Waals surface area contributed by atoms with E-state index in [0.29, 0.717) is 37.6 Å². The Labute approximate surface area is 164 Å². The summed E-state index contributed by atoms with van der Waals surface area (Å²) >= 11 is 0. The molecule has 2 heterocycles. The molecular formula is C20H27N5O3. The molecule has 0 atom stereocenters. The van der Waals surface area contributed by atoms with Crippen LogP contribution in [0.2, 0.25) is 0 Å². The van der Waals surface area contributed by atoms with Gasteiger partial charge in [-0.15, -0.1) is 0 Å². The number of rotatable bonds is 3. The highest BCUT2D eigenvalue weighted by molar-refractivity contribution is 5.95. The topological polar surface area (TPSA) is 70.8 Å². The summed E-state index contributed by atoms with van der Waals surface area (Å²) in [6, 6.07) is 9.08. The van der Waals surface area contributed by atoms with E-state index in [4.69, 9.17) is 0 Å². The molecule has 0 saturated carbocycles. The number of amides is 1. The third-order valence-electron chi connectivity index (χ3n) is 5.22. The lowest BCUT2D eigenvalue weighted by Crippen LogP contribution is -2.41. The number of benzene rings is 1. The molecule has 0 N–H and O–H groups in total.